The van der Waals surface area contributed by atoms with Crippen LogP contribution >= 0.6 is 0 Å². The summed E-state index contributed by atoms with van der Waals surface area (Å²) in [5, 5.41) is 0. The number of hydrogen-bond donors (Lipinski definition) is 0. The fourth-order valence-corrected chi connectivity index (χ4v) is 2.38. The molecule has 1 saturated carbocycles. The van der Waals surface area contributed by atoms with Crippen molar-refractivity contribution in [2.24, 2.45) is 5.92 Å². The zero-order valence-corrected chi connectivity index (χ0v) is 10.4. The first-order valence-electron chi connectivity index (χ1n) is 6.53. The molecule has 0 unspecified atom stereocenters. The second kappa shape index (κ2) is 5.38. The van der Waals surface area contributed by atoms with Crippen LogP contribution in [0.1, 0.15) is 45.1 Å². The first kappa shape index (κ1) is 11.5. The molecule has 0 atom stereocenters. The summed E-state index contributed by atoms with van der Waals surface area (Å²) in [7, 11) is 0. The van der Waals surface area contributed by atoms with Crippen molar-refractivity contribution in [2.45, 2.75) is 52.1 Å². The lowest BCUT2D eigenvalue weighted by Crippen LogP contribution is -2.23. The molecule has 16 heavy (non-hydrogen) atoms. The van der Waals surface area contributed by atoms with Crippen molar-refractivity contribution in [1.82, 2.24) is 0 Å². The van der Waals surface area contributed by atoms with Crippen molar-refractivity contribution in [3.05, 3.63) is 29.8 Å². The Morgan fingerprint density at radius 2 is 1.94 bits per heavy atom. The van der Waals surface area contributed by atoms with Gasteiger partial charge in [-0.05, 0) is 55.7 Å². The lowest BCUT2D eigenvalue weighted by atomic mass is 9.89. The first-order valence-corrected chi connectivity index (χ1v) is 6.53. The Morgan fingerprint density at radius 3 is 2.62 bits per heavy atom. The molecule has 0 radical (unpaired) electrons. The van der Waals surface area contributed by atoms with E-state index in [0.717, 1.165) is 18.1 Å². The fourth-order valence-electron chi connectivity index (χ4n) is 2.38. The molecule has 1 aromatic rings. The number of ether oxygens (including phenoxy) is 1. The van der Waals surface area contributed by atoms with E-state index in [2.05, 4.69) is 38.1 Å². The largest absolute Gasteiger partial charge is 0.490 e. The number of rotatable bonds is 3. The van der Waals surface area contributed by atoms with Crippen LogP contribution in [0.2, 0.25) is 0 Å². The highest BCUT2D eigenvalue weighted by Gasteiger charge is 2.19. The van der Waals surface area contributed by atoms with Gasteiger partial charge in [0.05, 0.1) is 6.10 Å². The fraction of sp³-hybridized carbons (Fsp3) is 0.600. The molecule has 2 rings (SSSR count). The predicted molar refractivity (Wildman–Crippen MR) is 67.9 cm³/mol. The van der Waals surface area contributed by atoms with Gasteiger partial charge in [-0.1, -0.05) is 26.0 Å². The van der Waals surface area contributed by atoms with Crippen LogP contribution in [0, 0.1) is 5.92 Å². The topological polar surface area (TPSA) is 9.23 Å². The Hall–Kier alpha value is -0.980. The normalized spacial score (nSPS) is 25.4. The van der Waals surface area contributed by atoms with Gasteiger partial charge >= 0.3 is 0 Å². The number of benzene rings is 1. The third kappa shape index (κ3) is 3.01. The molecule has 1 nitrogen and oxygen atoms in total. The summed E-state index contributed by atoms with van der Waals surface area (Å²) in [5.41, 5.74) is 1.36. The third-order valence-electron chi connectivity index (χ3n) is 3.57. The molecule has 0 saturated heterocycles. The minimum absolute atomic E-state index is 0.448. The summed E-state index contributed by atoms with van der Waals surface area (Å²) in [6.45, 7) is 4.52. The molecule has 0 N–H and O–H groups in total. The molecule has 0 aliphatic heterocycles. The van der Waals surface area contributed by atoms with Gasteiger partial charge in [0.1, 0.15) is 5.75 Å². The number of hydrogen-bond acceptors (Lipinski definition) is 1. The maximum absolute atomic E-state index is 6.05. The highest BCUT2D eigenvalue weighted by molar-refractivity contribution is 5.28. The Morgan fingerprint density at radius 1 is 1.19 bits per heavy atom. The van der Waals surface area contributed by atoms with Gasteiger partial charge in [0.15, 0.2) is 0 Å². The molecule has 0 heterocycles. The molecule has 0 amide bonds. The van der Waals surface area contributed by atoms with Gasteiger partial charge in [-0.15, -0.1) is 0 Å². The quantitative estimate of drug-likeness (QED) is 0.738. The lowest BCUT2D eigenvalue weighted by Gasteiger charge is -2.27. The van der Waals surface area contributed by atoms with Crippen LogP contribution in [0.5, 0.6) is 5.75 Å². The van der Waals surface area contributed by atoms with E-state index < -0.39 is 0 Å². The molecule has 0 bridgehead atoms. The van der Waals surface area contributed by atoms with E-state index >= 15 is 0 Å². The van der Waals surface area contributed by atoms with E-state index in [0.29, 0.717) is 6.10 Å². The van der Waals surface area contributed by atoms with Gasteiger partial charge in [-0.3, -0.25) is 0 Å². The Balaban J connectivity index is 1.93. The van der Waals surface area contributed by atoms with E-state index in [1.54, 1.807) is 0 Å². The van der Waals surface area contributed by atoms with Crippen molar-refractivity contribution < 1.29 is 4.74 Å². The molecule has 0 aromatic heterocycles. The van der Waals surface area contributed by atoms with Crippen LogP contribution in [0.4, 0.5) is 0 Å². The molecule has 1 heteroatoms. The van der Waals surface area contributed by atoms with Gasteiger partial charge in [0.25, 0.3) is 0 Å². The van der Waals surface area contributed by atoms with E-state index in [9.17, 15) is 0 Å². The SMILES string of the molecule is CCc1cccc(OC2CCC(C)CC2)c1. The molecular weight excluding hydrogens is 196 g/mol. The molecule has 88 valence electrons. The first-order chi connectivity index (χ1) is 7.78. The number of aryl methyl sites for hydroxylation is 1. The van der Waals surface area contributed by atoms with Crippen molar-refractivity contribution in [1.29, 1.82) is 0 Å². The van der Waals surface area contributed by atoms with Crippen LogP contribution in [0.15, 0.2) is 24.3 Å². The van der Waals surface area contributed by atoms with Crippen LogP contribution in [0.25, 0.3) is 0 Å². The van der Waals surface area contributed by atoms with Crippen molar-refractivity contribution in [3.63, 3.8) is 0 Å². The summed E-state index contributed by atoms with van der Waals surface area (Å²) in [6.07, 6.45) is 6.60. The molecule has 1 aliphatic rings. The van der Waals surface area contributed by atoms with Crippen molar-refractivity contribution in [3.8, 4) is 5.75 Å². The van der Waals surface area contributed by atoms with Gasteiger partial charge in [0.2, 0.25) is 0 Å². The molecular formula is C15H22O. The van der Waals surface area contributed by atoms with Gasteiger partial charge in [-0.25, -0.2) is 0 Å². The monoisotopic (exact) mass is 218 g/mol. The Kier molecular flexibility index (Phi) is 3.87. The van der Waals surface area contributed by atoms with E-state index in [1.165, 1.54) is 31.2 Å². The highest BCUT2D eigenvalue weighted by atomic mass is 16.5. The average molecular weight is 218 g/mol. The summed E-state index contributed by atoms with van der Waals surface area (Å²) in [5.74, 6) is 1.95. The molecule has 1 aromatic carbocycles. The minimum Gasteiger partial charge on any atom is -0.490 e. The zero-order valence-electron chi connectivity index (χ0n) is 10.4. The van der Waals surface area contributed by atoms with E-state index in [-0.39, 0.29) is 0 Å². The molecule has 1 aliphatic carbocycles. The Labute approximate surface area is 98.8 Å². The highest BCUT2D eigenvalue weighted by Crippen LogP contribution is 2.27. The summed E-state index contributed by atoms with van der Waals surface area (Å²) in [4.78, 5) is 0. The predicted octanol–water partition coefficient (Wildman–Crippen LogP) is 4.21. The molecule has 1 fully saturated rings. The summed E-state index contributed by atoms with van der Waals surface area (Å²) >= 11 is 0. The lowest BCUT2D eigenvalue weighted by molar-refractivity contribution is 0.135. The van der Waals surface area contributed by atoms with Gasteiger partial charge in [-0.2, -0.15) is 0 Å². The third-order valence-corrected chi connectivity index (χ3v) is 3.57. The second-order valence-electron chi connectivity index (χ2n) is 5.00. The second-order valence-corrected chi connectivity index (χ2v) is 5.00. The summed E-state index contributed by atoms with van der Waals surface area (Å²) in [6, 6.07) is 8.52. The minimum atomic E-state index is 0.448. The van der Waals surface area contributed by atoms with Crippen LogP contribution in [-0.2, 0) is 6.42 Å². The molecule has 0 spiro atoms. The van der Waals surface area contributed by atoms with E-state index in [1.807, 2.05) is 0 Å². The van der Waals surface area contributed by atoms with E-state index in [4.69, 9.17) is 4.74 Å². The summed E-state index contributed by atoms with van der Waals surface area (Å²) < 4.78 is 6.05. The average Bonchev–Trinajstić information content (AvgIpc) is 2.32. The van der Waals surface area contributed by atoms with Crippen molar-refractivity contribution in [2.75, 3.05) is 0 Å². The van der Waals surface area contributed by atoms with Crippen LogP contribution in [-0.4, -0.2) is 6.10 Å². The van der Waals surface area contributed by atoms with Crippen LogP contribution < -0.4 is 4.74 Å². The zero-order chi connectivity index (χ0) is 11.4. The maximum Gasteiger partial charge on any atom is 0.119 e. The van der Waals surface area contributed by atoms with Gasteiger partial charge in [0, 0.05) is 0 Å². The standard InChI is InChI=1S/C15H22O/c1-3-13-5-4-6-15(11-13)16-14-9-7-12(2)8-10-14/h4-6,11-12,14H,3,7-10H2,1-2H3. The van der Waals surface area contributed by atoms with Crippen molar-refractivity contribution >= 4 is 0 Å². The smallest absolute Gasteiger partial charge is 0.119 e. The maximum atomic E-state index is 6.05. The van der Waals surface area contributed by atoms with Gasteiger partial charge < -0.3 is 4.74 Å². The Bertz CT molecular complexity index is 324. The van der Waals surface area contributed by atoms with Crippen LogP contribution in [0.3, 0.4) is 0 Å².